The largest absolute Gasteiger partial charge is 0.454 e. The van der Waals surface area contributed by atoms with Gasteiger partial charge in [-0.3, -0.25) is 4.79 Å². The highest BCUT2D eigenvalue weighted by Crippen LogP contribution is 2.34. The highest BCUT2D eigenvalue weighted by Gasteiger charge is 2.19. The van der Waals surface area contributed by atoms with Gasteiger partial charge in [-0.15, -0.1) is 0 Å². The van der Waals surface area contributed by atoms with E-state index in [1.54, 1.807) is 18.2 Å². The molecule has 2 aromatic carbocycles. The number of nitrogens with one attached hydrogen (secondary N) is 1. The topological polar surface area (TPSA) is 84.9 Å². The van der Waals surface area contributed by atoms with Crippen molar-refractivity contribution >= 4 is 21.6 Å². The minimum absolute atomic E-state index is 0.0499. The SMILES string of the molecule is CS(=O)(=O)N(CCC(=O)Nc1ccc2c(c1)OCO2)Cc1ccccc1. The summed E-state index contributed by atoms with van der Waals surface area (Å²) in [6.07, 6.45) is 1.19. The fraction of sp³-hybridized carbons (Fsp3) is 0.278. The Kier molecular flexibility index (Phi) is 5.43. The van der Waals surface area contributed by atoms with Gasteiger partial charge < -0.3 is 14.8 Å². The number of amides is 1. The van der Waals surface area contributed by atoms with Crippen molar-refractivity contribution in [3.05, 3.63) is 54.1 Å². The average Bonchev–Trinajstić information content (AvgIpc) is 3.06. The number of hydrogen-bond acceptors (Lipinski definition) is 5. The number of hydrogen-bond donors (Lipinski definition) is 1. The molecule has 2 aromatic rings. The molecule has 8 heteroatoms. The molecule has 1 N–H and O–H groups in total. The van der Waals surface area contributed by atoms with Crippen molar-refractivity contribution < 1.29 is 22.7 Å². The molecule has 0 atom stereocenters. The Labute approximate surface area is 152 Å². The minimum Gasteiger partial charge on any atom is -0.454 e. The van der Waals surface area contributed by atoms with Crippen molar-refractivity contribution in [2.75, 3.05) is 24.9 Å². The van der Waals surface area contributed by atoms with Crippen LogP contribution in [0.25, 0.3) is 0 Å². The average molecular weight is 376 g/mol. The predicted molar refractivity (Wildman–Crippen MR) is 97.5 cm³/mol. The zero-order valence-electron chi connectivity index (χ0n) is 14.3. The Hall–Kier alpha value is -2.58. The van der Waals surface area contributed by atoms with Crippen LogP contribution in [0.5, 0.6) is 11.5 Å². The second-order valence-corrected chi connectivity index (χ2v) is 7.93. The Morgan fingerprint density at radius 1 is 1.12 bits per heavy atom. The van der Waals surface area contributed by atoms with E-state index in [4.69, 9.17) is 9.47 Å². The van der Waals surface area contributed by atoms with Gasteiger partial charge in [0.2, 0.25) is 22.7 Å². The molecule has 1 heterocycles. The second-order valence-electron chi connectivity index (χ2n) is 5.95. The quantitative estimate of drug-likeness (QED) is 0.801. The molecule has 1 amide bonds. The predicted octanol–water partition coefficient (Wildman–Crippen LogP) is 2.21. The van der Waals surface area contributed by atoms with Crippen LogP contribution in [0.3, 0.4) is 0 Å². The van der Waals surface area contributed by atoms with Gasteiger partial charge in [-0.05, 0) is 17.7 Å². The maximum atomic E-state index is 12.2. The number of carbonyl (C=O) groups is 1. The fourth-order valence-electron chi connectivity index (χ4n) is 2.57. The molecule has 0 saturated carbocycles. The molecule has 0 fully saturated rings. The van der Waals surface area contributed by atoms with E-state index in [2.05, 4.69) is 5.32 Å². The molecule has 0 spiro atoms. The molecular formula is C18H20N2O5S. The Morgan fingerprint density at radius 2 is 1.85 bits per heavy atom. The van der Waals surface area contributed by atoms with E-state index < -0.39 is 10.0 Å². The number of carbonyl (C=O) groups excluding carboxylic acids is 1. The van der Waals surface area contributed by atoms with Gasteiger partial charge in [0, 0.05) is 31.3 Å². The number of ether oxygens (including phenoxy) is 2. The summed E-state index contributed by atoms with van der Waals surface area (Å²) in [5.41, 5.74) is 1.45. The van der Waals surface area contributed by atoms with Crippen LogP contribution in [0.2, 0.25) is 0 Å². The molecule has 0 aliphatic carbocycles. The molecule has 1 aliphatic heterocycles. The summed E-state index contributed by atoms with van der Waals surface area (Å²) in [5.74, 6) is 0.935. The zero-order chi connectivity index (χ0) is 18.6. The smallest absolute Gasteiger partial charge is 0.231 e. The molecule has 0 radical (unpaired) electrons. The van der Waals surface area contributed by atoms with Crippen LogP contribution in [0.15, 0.2) is 48.5 Å². The lowest BCUT2D eigenvalue weighted by Gasteiger charge is -2.19. The number of sulfonamides is 1. The first-order valence-electron chi connectivity index (χ1n) is 8.10. The van der Waals surface area contributed by atoms with Gasteiger partial charge in [0.15, 0.2) is 11.5 Å². The van der Waals surface area contributed by atoms with Crippen LogP contribution in [0, 0.1) is 0 Å². The molecule has 0 aromatic heterocycles. The summed E-state index contributed by atoms with van der Waals surface area (Å²) in [7, 11) is -3.42. The van der Waals surface area contributed by atoms with Gasteiger partial charge in [-0.25, -0.2) is 8.42 Å². The van der Waals surface area contributed by atoms with Crippen LogP contribution in [0.1, 0.15) is 12.0 Å². The van der Waals surface area contributed by atoms with Crippen molar-refractivity contribution in [1.29, 1.82) is 0 Å². The molecule has 0 bridgehead atoms. The van der Waals surface area contributed by atoms with Crippen LogP contribution in [-0.4, -0.2) is 38.2 Å². The second kappa shape index (κ2) is 7.76. The maximum Gasteiger partial charge on any atom is 0.231 e. The minimum atomic E-state index is -3.42. The molecule has 3 rings (SSSR count). The summed E-state index contributed by atoms with van der Waals surface area (Å²) in [6.45, 7) is 0.497. The number of fused-ring (bicyclic) bond motifs is 1. The molecule has 0 unspecified atom stereocenters. The van der Waals surface area contributed by atoms with Crippen molar-refractivity contribution in [3.8, 4) is 11.5 Å². The van der Waals surface area contributed by atoms with Crippen molar-refractivity contribution in [1.82, 2.24) is 4.31 Å². The third kappa shape index (κ3) is 4.74. The third-order valence-corrected chi connectivity index (χ3v) is 5.17. The van der Waals surface area contributed by atoms with Crippen LogP contribution in [0.4, 0.5) is 5.69 Å². The number of nitrogens with zero attached hydrogens (tertiary/aromatic N) is 1. The highest BCUT2D eigenvalue weighted by atomic mass is 32.2. The van der Waals surface area contributed by atoms with Gasteiger partial charge in [0.1, 0.15) is 0 Å². The lowest BCUT2D eigenvalue weighted by atomic mass is 10.2. The Morgan fingerprint density at radius 3 is 2.58 bits per heavy atom. The first-order valence-corrected chi connectivity index (χ1v) is 9.95. The summed E-state index contributed by atoms with van der Waals surface area (Å²) >= 11 is 0. The van der Waals surface area contributed by atoms with E-state index >= 15 is 0 Å². The summed E-state index contributed by atoms with van der Waals surface area (Å²) in [5, 5.41) is 2.75. The van der Waals surface area contributed by atoms with Crippen LogP contribution < -0.4 is 14.8 Å². The molecule has 0 saturated heterocycles. The van der Waals surface area contributed by atoms with E-state index in [1.807, 2.05) is 30.3 Å². The Bertz CT molecular complexity index is 884. The maximum absolute atomic E-state index is 12.2. The molecule has 7 nitrogen and oxygen atoms in total. The van der Waals surface area contributed by atoms with Crippen molar-refractivity contribution in [2.45, 2.75) is 13.0 Å². The number of anilines is 1. The van der Waals surface area contributed by atoms with Crippen molar-refractivity contribution in [2.24, 2.45) is 0 Å². The standard InChI is InChI=1S/C18H20N2O5S/c1-26(22,23)20(12-14-5-3-2-4-6-14)10-9-18(21)19-15-7-8-16-17(11-15)25-13-24-16/h2-8,11H,9-10,12-13H2,1H3,(H,19,21). The molecule has 138 valence electrons. The van der Waals surface area contributed by atoms with E-state index in [9.17, 15) is 13.2 Å². The lowest BCUT2D eigenvalue weighted by molar-refractivity contribution is -0.116. The third-order valence-electron chi connectivity index (χ3n) is 3.92. The summed E-state index contributed by atoms with van der Waals surface area (Å²) in [4.78, 5) is 12.2. The highest BCUT2D eigenvalue weighted by molar-refractivity contribution is 7.88. The molecule has 26 heavy (non-hydrogen) atoms. The molecule has 1 aliphatic rings. The van der Waals surface area contributed by atoms with Gasteiger partial charge >= 0.3 is 0 Å². The van der Waals surface area contributed by atoms with E-state index in [1.165, 1.54) is 4.31 Å². The van der Waals surface area contributed by atoms with Gasteiger partial charge in [0.05, 0.1) is 6.26 Å². The lowest BCUT2D eigenvalue weighted by Crippen LogP contribution is -2.32. The number of rotatable bonds is 7. The Balaban J connectivity index is 1.59. The van der Waals surface area contributed by atoms with E-state index in [-0.39, 0.29) is 32.2 Å². The first kappa shape index (κ1) is 18.2. The van der Waals surface area contributed by atoms with E-state index in [0.717, 1.165) is 11.8 Å². The monoisotopic (exact) mass is 376 g/mol. The van der Waals surface area contributed by atoms with Gasteiger partial charge in [0.25, 0.3) is 0 Å². The normalized spacial score (nSPS) is 13.0. The van der Waals surface area contributed by atoms with Gasteiger partial charge in [-0.1, -0.05) is 30.3 Å². The van der Waals surface area contributed by atoms with Gasteiger partial charge in [-0.2, -0.15) is 4.31 Å². The van der Waals surface area contributed by atoms with Crippen LogP contribution in [-0.2, 0) is 21.4 Å². The fourth-order valence-corrected chi connectivity index (χ4v) is 3.38. The summed E-state index contributed by atoms with van der Waals surface area (Å²) < 4.78 is 35.8. The zero-order valence-corrected chi connectivity index (χ0v) is 15.2. The van der Waals surface area contributed by atoms with Crippen molar-refractivity contribution in [3.63, 3.8) is 0 Å². The first-order chi connectivity index (χ1) is 12.4. The van der Waals surface area contributed by atoms with E-state index in [0.29, 0.717) is 17.2 Å². The number of benzene rings is 2. The van der Waals surface area contributed by atoms with Crippen LogP contribution >= 0.6 is 0 Å². The molecular weight excluding hydrogens is 356 g/mol. The summed E-state index contributed by atoms with van der Waals surface area (Å²) in [6, 6.07) is 14.4.